The van der Waals surface area contributed by atoms with Crippen molar-refractivity contribution in [2.24, 2.45) is 0 Å². The number of aromatic nitrogens is 1. The summed E-state index contributed by atoms with van der Waals surface area (Å²) in [6.07, 6.45) is -2.49. The number of rotatable bonds is 37. The lowest BCUT2D eigenvalue weighted by Crippen LogP contribution is -2.54. The first-order valence-electron chi connectivity index (χ1n) is 27.7. The molecule has 5 aromatic rings. The summed E-state index contributed by atoms with van der Waals surface area (Å²) in [5, 5.41) is 35.7. The Kier molecular flexibility index (Phi) is 24.2. The van der Waals surface area contributed by atoms with Crippen LogP contribution in [0.4, 0.5) is 10.1 Å². The Morgan fingerprint density at radius 1 is 0.683 bits per heavy atom. The number of nitrogens with zero attached hydrogens (tertiary/aromatic N) is 2. The third-order valence-electron chi connectivity index (χ3n) is 13.6. The van der Waals surface area contributed by atoms with Gasteiger partial charge in [-0.05, 0) is 90.4 Å². The third-order valence-corrected chi connectivity index (χ3v) is 13.6. The molecule has 21 heteroatoms. The first-order valence-corrected chi connectivity index (χ1v) is 27.7. The number of hydrogen-bond acceptors (Lipinski definition) is 16. The average molecular weight is 1140 g/mol. The van der Waals surface area contributed by atoms with Crippen LogP contribution in [0, 0.1) is 5.82 Å². The van der Waals surface area contributed by atoms with Crippen LogP contribution in [0.5, 0.6) is 5.75 Å². The van der Waals surface area contributed by atoms with Gasteiger partial charge in [-0.2, -0.15) is 0 Å². The summed E-state index contributed by atoms with van der Waals surface area (Å²) in [7, 11) is 0. The number of Topliss-reactive ketones (excluding diaryl/α,β-unsaturated/α-hetero) is 1. The molecule has 1 unspecified atom stereocenters. The van der Waals surface area contributed by atoms with Crippen LogP contribution in [0.3, 0.4) is 0 Å². The number of ether oxygens (including phenoxy) is 7. The standard InChI is InChI=1S/C61H73FN4O16/c1-40(2)57-56(54(42-7-4-3-5-8-42)58(43-13-15-44(62)16-14-43)65(57)23-21-45(67)38-46(68)39-53(71)72)51(69)37-41-11-17-47(18-12-41)82-36-35-81-34-33-80-32-31-79-30-29-78-28-27-77-26-25-76-24-22-63-49-10-6-9-48-55(49)61(75)66(60(48)74)50-19-20-52(70)64-59(50)73/h3-18,40,45-46,50,63,67-68H,19-39H2,1-2H3,(H,71,72)(H,64,70,73)/t45-,46-,50?/m1/s1. The molecule has 20 nitrogen and oxygen atoms in total. The quantitative estimate of drug-likeness (QED) is 0.0162. The first kappa shape index (κ1) is 62.4. The van der Waals surface area contributed by atoms with Crippen LogP contribution in [0.15, 0.2) is 97.1 Å². The number of carbonyl (C=O) groups excluding carboxylic acids is 5. The number of hydrogen-bond donors (Lipinski definition) is 5. The maximum Gasteiger partial charge on any atom is 0.305 e. The van der Waals surface area contributed by atoms with E-state index in [9.17, 15) is 43.4 Å². The van der Waals surface area contributed by atoms with Crippen LogP contribution in [-0.4, -0.2) is 171 Å². The second-order valence-corrected chi connectivity index (χ2v) is 20.0. The number of carboxylic acids is 1. The number of nitrogens with one attached hydrogen (secondary N) is 2. The van der Waals surface area contributed by atoms with Crippen LogP contribution >= 0.6 is 0 Å². The smallest absolute Gasteiger partial charge is 0.305 e. The summed E-state index contributed by atoms with van der Waals surface area (Å²) in [5.74, 6) is -3.49. The second kappa shape index (κ2) is 31.9. The van der Waals surface area contributed by atoms with Gasteiger partial charge in [-0.15, -0.1) is 0 Å². The molecule has 4 aromatic carbocycles. The number of ketones is 1. The fourth-order valence-corrected chi connectivity index (χ4v) is 9.86. The molecule has 4 amide bonds. The van der Waals surface area contributed by atoms with E-state index in [4.69, 9.17) is 38.3 Å². The predicted octanol–water partition coefficient (Wildman–Crippen LogP) is 6.48. The fourth-order valence-electron chi connectivity index (χ4n) is 9.86. The molecule has 5 N–H and O–H groups in total. The summed E-state index contributed by atoms with van der Waals surface area (Å²) in [6.45, 7) is 9.31. The van der Waals surface area contributed by atoms with Gasteiger partial charge in [0.2, 0.25) is 11.8 Å². The van der Waals surface area contributed by atoms with E-state index in [0.717, 1.165) is 21.7 Å². The van der Waals surface area contributed by atoms with Crippen LogP contribution in [0.25, 0.3) is 22.4 Å². The van der Waals surface area contributed by atoms with Crippen molar-refractivity contribution < 1.29 is 81.6 Å². The number of piperidine rings is 1. The molecule has 2 aliphatic heterocycles. The highest BCUT2D eigenvalue weighted by molar-refractivity contribution is 6.25. The Morgan fingerprint density at radius 2 is 1.28 bits per heavy atom. The van der Waals surface area contributed by atoms with Gasteiger partial charge < -0.3 is 58.4 Å². The highest BCUT2D eigenvalue weighted by atomic mass is 19.1. The Balaban J connectivity index is 0.737. The lowest BCUT2D eigenvalue weighted by molar-refractivity contribution is -0.140. The topological polar surface area (TPSA) is 260 Å². The zero-order valence-corrected chi connectivity index (χ0v) is 46.3. The van der Waals surface area contributed by atoms with Gasteiger partial charge in [-0.1, -0.05) is 62.4 Å². The molecule has 3 heterocycles. The van der Waals surface area contributed by atoms with Crippen molar-refractivity contribution in [2.75, 3.05) is 97.8 Å². The first-order chi connectivity index (χ1) is 39.7. The third kappa shape index (κ3) is 17.6. The van der Waals surface area contributed by atoms with Crippen molar-refractivity contribution >= 4 is 41.1 Å². The van der Waals surface area contributed by atoms with E-state index in [1.807, 2.05) is 73.0 Å². The number of imide groups is 2. The summed E-state index contributed by atoms with van der Waals surface area (Å²) in [5.41, 5.74) is 5.73. The van der Waals surface area contributed by atoms with Gasteiger partial charge in [0.05, 0.1) is 115 Å². The van der Waals surface area contributed by atoms with E-state index in [1.54, 1.807) is 30.3 Å². The number of benzene rings is 4. The Morgan fingerprint density at radius 3 is 1.87 bits per heavy atom. The predicted molar refractivity (Wildman–Crippen MR) is 299 cm³/mol. The Bertz CT molecular complexity index is 2920. The molecule has 2 aliphatic rings. The minimum absolute atomic E-state index is 0.0479. The number of carboxylic acid groups (broad SMARTS) is 1. The number of aliphatic hydroxyl groups excluding tert-OH is 2. The molecule has 1 saturated heterocycles. The van der Waals surface area contributed by atoms with Crippen molar-refractivity contribution in [2.45, 2.75) is 83.1 Å². The molecule has 1 fully saturated rings. The molecule has 440 valence electrons. The van der Waals surface area contributed by atoms with Gasteiger partial charge in [-0.3, -0.25) is 39.0 Å². The number of anilines is 1. The van der Waals surface area contributed by atoms with E-state index < -0.39 is 60.1 Å². The van der Waals surface area contributed by atoms with Crippen molar-refractivity contribution in [3.05, 3.63) is 131 Å². The van der Waals surface area contributed by atoms with E-state index in [0.29, 0.717) is 126 Å². The summed E-state index contributed by atoms with van der Waals surface area (Å²) >= 11 is 0. The van der Waals surface area contributed by atoms with Crippen molar-refractivity contribution in [1.29, 1.82) is 0 Å². The number of fused-ring (bicyclic) bond motifs is 1. The molecule has 1 aromatic heterocycles. The zero-order chi connectivity index (χ0) is 58.4. The highest BCUT2D eigenvalue weighted by Crippen LogP contribution is 2.43. The van der Waals surface area contributed by atoms with Gasteiger partial charge in [0.25, 0.3) is 11.8 Å². The maximum absolute atomic E-state index is 14.7. The minimum atomic E-state index is -1.22. The molecular weight excluding hydrogens is 1060 g/mol. The van der Waals surface area contributed by atoms with Crippen molar-refractivity contribution in [3.63, 3.8) is 0 Å². The molecule has 0 aliphatic carbocycles. The van der Waals surface area contributed by atoms with E-state index in [-0.39, 0.29) is 61.5 Å². The molecule has 7 rings (SSSR count). The van der Waals surface area contributed by atoms with Crippen LogP contribution < -0.4 is 15.4 Å². The summed E-state index contributed by atoms with van der Waals surface area (Å²) < 4.78 is 55.8. The van der Waals surface area contributed by atoms with Gasteiger partial charge in [0, 0.05) is 48.4 Å². The minimum Gasteiger partial charge on any atom is -0.491 e. The monoisotopic (exact) mass is 1140 g/mol. The highest BCUT2D eigenvalue weighted by Gasteiger charge is 2.45. The van der Waals surface area contributed by atoms with Gasteiger partial charge in [-0.25, -0.2) is 4.39 Å². The lowest BCUT2D eigenvalue weighted by Gasteiger charge is -2.27. The molecule has 0 bridgehead atoms. The number of halogens is 1. The van der Waals surface area contributed by atoms with E-state index in [2.05, 4.69) is 10.6 Å². The molecule has 3 atom stereocenters. The molecule has 82 heavy (non-hydrogen) atoms. The van der Waals surface area contributed by atoms with E-state index >= 15 is 0 Å². The lowest BCUT2D eigenvalue weighted by atomic mass is 9.90. The molecule has 0 saturated carbocycles. The number of aliphatic hydroxyl groups is 2. The Labute approximate surface area is 475 Å². The number of aliphatic carboxylic acids is 1. The SMILES string of the molecule is CC(C)c1c(C(=O)Cc2ccc(OCCOCCOCCOCCOCCOCCOCCNc3cccc4c3C(=O)N(C3CCC(=O)NC3=O)C4=O)cc2)c(-c2ccccc2)c(-c2ccc(F)cc2)n1CC[C@@H](O)C[C@@H](O)CC(=O)O. The summed E-state index contributed by atoms with van der Waals surface area (Å²) in [6, 6.07) is 26.8. The second-order valence-electron chi connectivity index (χ2n) is 20.0. The van der Waals surface area contributed by atoms with Crippen LogP contribution in [0.1, 0.15) is 94.2 Å². The van der Waals surface area contributed by atoms with Crippen LogP contribution in [-0.2, 0) is 55.8 Å². The van der Waals surface area contributed by atoms with Crippen molar-refractivity contribution in [1.82, 2.24) is 14.8 Å². The van der Waals surface area contributed by atoms with Gasteiger partial charge >= 0.3 is 5.97 Å². The largest absolute Gasteiger partial charge is 0.491 e. The van der Waals surface area contributed by atoms with Crippen molar-refractivity contribution in [3.8, 4) is 28.1 Å². The molecule has 0 spiro atoms. The number of carbonyl (C=O) groups is 6. The van der Waals surface area contributed by atoms with Gasteiger partial charge in [0.1, 0.15) is 24.2 Å². The molecule has 0 radical (unpaired) electrons. The maximum atomic E-state index is 14.7. The van der Waals surface area contributed by atoms with Crippen LogP contribution in [0.2, 0.25) is 0 Å². The normalized spacial score (nSPS) is 15.0. The molecular formula is C61H73FN4O16. The Hall–Kier alpha value is -7.21. The fraction of sp³-hybridized carbons (Fsp3) is 0.443. The van der Waals surface area contributed by atoms with Gasteiger partial charge in [0.15, 0.2) is 5.78 Å². The number of amides is 4. The zero-order valence-electron chi connectivity index (χ0n) is 46.3. The summed E-state index contributed by atoms with van der Waals surface area (Å²) in [4.78, 5) is 77.0. The average Bonchev–Trinajstić information content (AvgIpc) is 4.12. The van der Waals surface area contributed by atoms with E-state index in [1.165, 1.54) is 12.1 Å².